The molecule has 1 N–H and O–H groups in total. The van der Waals surface area contributed by atoms with E-state index < -0.39 is 0 Å². The summed E-state index contributed by atoms with van der Waals surface area (Å²) in [5.41, 5.74) is -0.367. The van der Waals surface area contributed by atoms with Crippen LogP contribution < -0.4 is 5.32 Å². The first kappa shape index (κ1) is 8.69. The number of amides is 2. The fourth-order valence-corrected chi connectivity index (χ4v) is 2.39. The number of nitrogens with zero attached hydrogens (tertiary/aromatic N) is 1. The van der Waals surface area contributed by atoms with Gasteiger partial charge in [-0.05, 0) is 19.9 Å². The van der Waals surface area contributed by atoms with E-state index in [1.54, 1.807) is 0 Å². The van der Waals surface area contributed by atoms with Crippen LogP contribution >= 0.6 is 0 Å². The molecule has 1 aliphatic carbocycles. The van der Waals surface area contributed by atoms with Crippen molar-refractivity contribution < 1.29 is 9.59 Å². The smallest absolute Gasteiger partial charge is 0.247 e. The van der Waals surface area contributed by atoms with Gasteiger partial charge in [0, 0.05) is 0 Å². The van der Waals surface area contributed by atoms with Gasteiger partial charge in [0.05, 0.1) is 6.54 Å². The third kappa shape index (κ3) is 1.16. The van der Waals surface area contributed by atoms with Gasteiger partial charge in [-0.1, -0.05) is 12.8 Å². The maximum atomic E-state index is 11.7. The summed E-state index contributed by atoms with van der Waals surface area (Å²) in [6.45, 7) is 0.353. The average molecular weight is 182 g/mol. The maximum Gasteiger partial charge on any atom is 0.247 e. The van der Waals surface area contributed by atoms with E-state index in [2.05, 4.69) is 5.32 Å². The standard InChI is InChI=1S/C9H14N2O2/c1-11-6-7(12)10-8(13)9(11)4-2-3-5-9/h2-6H2,1H3,(H,10,12,13). The van der Waals surface area contributed by atoms with Crippen molar-refractivity contribution in [3.05, 3.63) is 0 Å². The van der Waals surface area contributed by atoms with Crippen LogP contribution in [0.2, 0.25) is 0 Å². The van der Waals surface area contributed by atoms with Crippen LogP contribution in [0.5, 0.6) is 0 Å². The minimum atomic E-state index is -0.367. The number of piperazine rings is 1. The number of carbonyl (C=O) groups is 2. The first-order valence-corrected chi connectivity index (χ1v) is 4.71. The minimum absolute atomic E-state index is 0.0937. The Hall–Kier alpha value is -0.900. The van der Waals surface area contributed by atoms with Gasteiger partial charge < -0.3 is 0 Å². The zero-order valence-electron chi connectivity index (χ0n) is 7.80. The normalized spacial score (nSPS) is 28.1. The first-order chi connectivity index (χ1) is 6.15. The SMILES string of the molecule is CN1CC(=O)NC(=O)C12CCCC2. The second kappa shape index (κ2) is 2.80. The summed E-state index contributed by atoms with van der Waals surface area (Å²) in [6.07, 6.45) is 3.96. The molecule has 2 aliphatic rings. The Kier molecular flexibility index (Phi) is 1.87. The number of imide groups is 1. The molecule has 1 spiro atoms. The highest BCUT2D eigenvalue weighted by atomic mass is 16.2. The summed E-state index contributed by atoms with van der Waals surface area (Å²) >= 11 is 0. The van der Waals surface area contributed by atoms with Crippen molar-refractivity contribution in [3.63, 3.8) is 0 Å². The lowest BCUT2D eigenvalue weighted by molar-refractivity contribution is -0.145. The third-order valence-corrected chi connectivity index (χ3v) is 3.22. The molecule has 2 fully saturated rings. The topological polar surface area (TPSA) is 49.4 Å². The molecular formula is C9H14N2O2. The Morgan fingerprint density at radius 3 is 2.46 bits per heavy atom. The molecule has 1 saturated heterocycles. The molecule has 1 saturated carbocycles. The highest BCUT2D eigenvalue weighted by Crippen LogP contribution is 2.35. The summed E-state index contributed by atoms with van der Waals surface area (Å²) in [7, 11) is 1.86. The van der Waals surface area contributed by atoms with Crippen molar-refractivity contribution >= 4 is 11.8 Å². The highest BCUT2D eigenvalue weighted by molar-refractivity contribution is 6.03. The maximum absolute atomic E-state index is 11.7. The number of hydrogen-bond donors (Lipinski definition) is 1. The first-order valence-electron chi connectivity index (χ1n) is 4.71. The Morgan fingerprint density at radius 2 is 1.92 bits per heavy atom. The van der Waals surface area contributed by atoms with Crippen LogP contribution in [0.3, 0.4) is 0 Å². The molecule has 1 heterocycles. The van der Waals surface area contributed by atoms with E-state index in [4.69, 9.17) is 0 Å². The van der Waals surface area contributed by atoms with Crippen molar-refractivity contribution in [2.75, 3.05) is 13.6 Å². The van der Waals surface area contributed by atoms with E-state index in [1.807, 2.05) is 11.9 Å². The Bertz CT molecular complexity index is 256. The summed E-state index contributed by atoms with van der Waals surface area (Å²) in [5.74, 6) is -0.270. The Morgan fingerprint density at radius 1 is 1.31 bits per heavy atom. The van der Waals surface area contributed by atoms with Gasteiger partial charge in [-0.25, -0.2) is 0 Å². The van der Waals surface area contributed by atoms with Crippen LogP contribution in [-0.4, -0.2) is 35.8 Å². The Balaban J connectivity index is 2.25. The van der Waals surface area contributed by atoms with Crippen molar-refractivity contribution in [2.24, 2.45) is 0 Å². The van der Waals surface area contributed by atoms with Crippen LogP contribution in [0.4, 0.5) is 0 Å². The van der Waals surface area contributed by atoms with Crippen LogP contribution in [0.25, 0.3) is 0 Å². The molecule has 4 heteroatoms. The number of likely N-dealkylation sites (N-methyl/N-ethyl adjacent to an activating group) is 1. The molecule has 72 valence electrons. The lowest BCUT2D eigenvalue weighted by Gasteiger charge is -2.40. The molecule has 2 amide bonds. The van der Waals surface area contributed by atoms with Gasteiger partial charge in [0.2, 0.25) is 11.8 Å². The number of hydrogen-bond acceptors (Lipinski definition) is 3. The second-order valence-electron chi connectivity index (χ2n) is 3.97. The van der Waals surface area contributed by atoms with E-state index in [-0.39, 0.29) is 17.4 Å². The van der Waals surface area contributed by atoms with Crippen LogP contribution in [-0.2, 0) is 9.59 Å². The van der Waals surface area contributed by atoms with Gasteiger partial charge >= 0.3 is 0 Å². The van der Waals surface area contributed by atoms with Gasteiger partial charge in [-0.15, -0.1) is 0 Å². The molecule has 1 aliphatic heterocycles. The van der Waals surface area contributed by atoms with Gasteiger partial charge in [0.1, 0.15) is 5.54 Å². The van der Waals surface area contributed by atoms with Crippen LogP contribution in [0.15, 0.2) is 0 Å². The fourth-order valence-electron chi connectivity index (χ4n) is 2.39. The molecule has 0 bridgehead atoms. The molecule has 0 unspecified atom stereocenters. The predicted molar refractivity (Wildman–Crippen MR) is 47.0 cm³/mol. The van der Waals surface area contributed by atoms with E-state index in [0.29, 0.717) is 6.54 Å². The zero-order valence-corrected chi connectivity index (χ0v) is 7.80. The van der Waals surface area contributed by atoms with Crippen molar-refractivity contribution in [3.8, 4) is 0 Å². The summed E-state index contributed by atoms with van der Waals surface area (Å²) in [4.78, 5) is 24.6. The fraction of sp³-hybridized carbons (Fsp3) is 0.778. The minimum Gasteiger partial charge on any atom is -0.294 e. The second-order valence-corrected chi connectivity index (χ2v) is 3.97. The summed E-state index contributed by atoms with van der Waals surface area (Å²) in [5, 5.41) is 2.42. The quantitative estimate of drug-likeness (QED) is 0.532. The molecule has 13 heavy (non-hydrogen) atoms. The van der Waals surface area contributed by atoms with Crippen molar-refractivity contribution in [2.45, 2.75) is 31.2 Å². The predicted octanol–water partition coefficient (Wildman–Crippen LogP) is -0.113. The average Bonchev–Trinajstić information content (AvgIpc) is 2.50. The van der Waals surface area contributed by atoms with Crippen molar-refractivity contribution in [1.82, 2.24) is 10.2 Å². The highest BCUT2D eigenvalue weighted by Gasteiger charge is 2.48. The molecule has 0 atom stereocenters. The van der Waals surface area contributed by atoms with E-state index >= 15 is 0 Å². The van der Waals surface area contributed by atoms with E-state index in [1.165, 1.54) is 0 Å². The van der Waals surface area contributed by atoms with Crippen LogP contribution in [0, 0.1) is 0 Å². The molecule has 2 rings (SSSR count). The lowest BCUT2D eigenvalue weighted by Crippen LogP contribution is -2.64. The zero-order chi connectivity index (χ0) is 9.47. The Labute approximate surface area is 77.3 Å². The molecule has 4 nitrogen and oxygen atoms in total. The molecule has 0 radical (unpaired) electrons. The summed E-state index contributed by atoms with van der Waals surface area (Å²) in [6, 6.07) is 0. The lowest BCUT2D eigenvalue weighted by atomic mass is 9.92. The van der Waals surface area contributed by atoms with Gasteiger partial charge in [-0.3, -0.25) is 19.8 Å². The summed E-state index contributed by atoms with van der Waals surface area (Å²) < 4.78 is 0. The van der Waals surface area contributed by atoms with Gasteiger partial charge in [-0.2, -0.15) is 0 Å². The van der Waals surface area contributed by atoms with E-state index in [9.17, 15) is 9.59 Å². The van der Waals surface area contributed by atoms with Gasteiger partial charge in [0.15, 0.2) is 0 Å². The van der Waals surface area contributed by atoms with Crippen LogP contribution in [0.1, 0.15) is 25.7 Å². The van der Waals surface area contributed by atoms with E-state index in [0.717, 1.165) is 25.7 Å². The third-order valence-electron chi connectivity index (χ3n) is 3.22. The van der Waals surface area contributed by atoms with Crippen molar-refractivity contribution in [1.29, 1.82) is 0 Å². The monoisotopic (exact) mass is 182 g/mol. The number of carbonyl (C=O) groups excluding carboxylic acids is 2. The molecule has 0 aromatic heterocycles. The number of nitrogens with one attached hydrogen (secondary N) is 1. The van der Waals surface area contributed by atoms with Gasteiger partial charge in [0.25, 0.3) is 0 Å². The number of rotatable bonds is 0. The molecule has 0 aromatic rings. The molecule has 0 aromatic carbocycles. The molecular weight excluding hydrogens is 168 g/mol. The largest absolute Gasteiger partial charge is 0.294 e.